The summed E-state index contributed by atoms with van der Waals surface area (Å²) in [7, 11) is 0. The summed E-state index contributed by atoms with van der Waals surface area (Å²) in [5.74, 6) is 0.738. The Hall–Kier alpha value is -2.13. The Morgan fingerprint density at radius 1 is 1.11 bits per heavy atom. The number of hydrogen-bond acceptors (Lipinski definition) is 3. The Balaban J connectivity index is 1.96. The number of nitrogens with two attached hydrogens (primary N) is 1. The zero-order chi connectivity index (χ0) is 13.2. The highest BCUT2D eigenvalue weighted by atomic mass is 16.3. The van der Waals surface area contributed by atoms with Crippen molar-refractivity contribution in [3.63, 3.8) is 0 Å². The van der Waals surface area contributed by atoms with Crippen LogP contribution in [0.4, 0.5) is 0 Å². The van der Waals surface area contributed by atoms with Crippen molar-refractivity contribution in [2.45, 2.75) is 19.9 Å². The third-order valence-electron chi connectivity index (χ3n) is 3.27. The lowest BCUT2D eigenvalue weighted by Gasteiger charge is -2.04. The summed E-state index contributed by atoms with van der Waals surface area (Å²) in [6.07, 6.45) is 0.682. The first-order chi connectivity index (χ1) is 9.26. The largest absolute Gasteiger partial charge is 0.440 e. The van der Waals surface area contributed by atoms with Crippen molar-refractivity contribution in [2.75, 3.05) is 0 Å². The van der Waals surface area contributed by atoms with Gasteiger partial charge >= 0.3 is 0 Å². The first kappa shape index (κ1) is 11.9. The summed E-state index contributed by atoms with van der Waals surface area (Å²) < 4.78 is 5.77. The fraction of sp³-hybridized carbons (Fsp3) is 0.188. The molecule has 1 aromatic heterocycles. The molecule has 3 rings (SSSR count). The molecule has 0 aliphatic carbocycles. The van der Waals surface area contributed by atoms with Crippen LogP contribution in [0.3, 0.4) is 0 Å². The van der Waals surface area contributed by atoms with Crippen LogP contribution in [0.15, 0.2) is 46.9 Å². The average Bonchev–Trinajstić information content (AvgIpc) is 2.80. The Labute approximate surface area is 112 Å². The van der Waals surface area contributed by atoms with E-state index in [1.165, 1.54) is 11.1 Å². The molecule has 0 aliphatic heterocycles. The van der Waals surface area contributed by atoms with Crippen molar-refractivity contribution in [3.05, 3.63) is 65.0 Å². The maximum Gasteiger partial charge on any atom is 0.199 e. The first-order valence-electron chi connectivity index (χ1n) is 6.39. The van der Waals surface area contributed by atoms with E-state index in [-0.39, 0.29) is 0 Å². The lowest BCUT2D eigenvalue weighted by Crippen LogP contribution is -2.01. The molecule has 0 fully saturated rings. The standard InChI is InChI=1S/C16H16N2O/c1-11-6-7-15-14(8-11)18-16(19-15)9-12-4-2-3-5-13(12)10-17/h2-8H,9-10,17H2,1H3. The van der Waals surface area contributed by atoms with Gasteiger partial charge in [-0.1, -0.05) is 30.3 Å². The minimum atomic E-state index is 0.537. The van der Waals surface area contributed by atoms with Crippen LogP contribution < -0.4 is 5.73 Å². The van der Waals surface area contributed by atoms with Crippen molar-refractivity contribution in [1.29, 1.82) is 0 Å². The van der Waals surface area contributed by atoms with E-state index in [0.29, 0.717) is 13.0 Å². The summed E-state index contributed by atoms with van der Waals surface area (Å²) in [6, 6.07) is 14.2. The highest BCUT2D eigenvalue weighted by molar-refractivity contribution is 5.73. The smallest absolute Gasteiger partial charge is 0.199 e. The molecule has 0 radical (unpaired) electrons. The second-order valence-corrected chi connectivity index (χ2v) is 4.73. The van der Waals surface area contributed by atoms with Crippen LogP contribution in [0, 0.1) is 6.92 Å². The van der Waals surface area contributed by atoms with Crippen LogP contribution in [-0.4, -0.2) is 4.98 Å². The molecular weight excluding hydrogens is 236 g/mol. The number of hydrogen-bond donors (Lipinski definition) is 1. The Morgan fingerprint density at radius 3 is 2.68 bits per heavy atom. The minimum absolute atomic E-state index is 0.537. The zero-order valence-corrected chi connectivity index (χ0v) is 10.9. The van der Waals surface area contributed by atoms with Gasteiger partial charge in [0.25, 0.3) is 0 Å². The average molecular weight is 252 g/mol. The van der Waals surface area contributed by atoms with E-state index in [4.69, 9.17) is 10.2 Å². The number of fused-ring (bicyclic) bond motifs is 1. The van der Waals surface area contributed by atoms with E-state index in [2.05, 4.69) is 18.0 Å². The Bertz CT molecular complexity index is 716. The van der Waals surface area contributed by atoms with Crippen LogP contribution in [-0.2, 0) is 13.0 Å². The molecule has 0 saturated heterocycles. The molecule has 0 atom stereocenters. The first-order valence-corrected chi connectivity index (χ1v) is 6.39. The summed E-state index contributed by atoms with van der Waals surface area (Å²) in [6.45, 7) is 2.59. The highest BCUT2D eigenvalue weighted by Gasteiger charge is 2.08. The fourth-order valence-electron chi connectivity index (χ4n) is 2.25. The maximum absolute atomic E-state index is 5.77. The number of oxazole rings is 1. The lowest BCUT2D eigenvalue weighted by molar-refractivity contribution is 0.543. The molecular formula is C16H16N2O. The van der Waals surface area contributed by atoms with Gasteiger partial charge in [0, 0.05) is 13.0 Å². The maximum atomic E-state index is 5.77. The second kappa shape index (κ2) is 4.86. The predicted octanol–water partition coefficient (Wildman–Crippen LogP) is 3.19. The van der Waals surface area contributed by atoms with E-state index in [1.54, 1.807) is 0 Å². The van der Waals surface area contributed by atoms with Gasteiger partial charge in [0.15, 0.2) is 11.5 Å². The summed E-state index contributed by atoms with van der Waals surface area (Å²) in [5, 5.41) is 0. The molecule has 96 valence electrons. The Kier molecular flexibility index (Phi) is 3.05. The molecule has 0 spiro atoms. The summed E-state index contributed by atoms with van der Waals surface area (Å²) >= 11 is 0. The van der Waals surface area contributed by atoms with Crippen molar-refractivity contribution in [1.82, 2.24) is 4.98 Å². The van der Waals surface area contributed by atoms with Gasteiger partial charge in [0.1, 0.15) is 5.52 Å². The van der Waals surface area contributed by atoms with Crippen LogP contribution in [0.1, 0.15) is 22.6 Å². The topological polar surface area (TPSA) is 52.0 Å². The molecule has 0 amide bonds. The Morgan fingerprint density at radius 2 is 1.89 bits per heavy atom. The van der Waals surface area contributed by atoms with E-state index in [0.717, 1.165) is 22.6 Å². The molecule has 0 aliphatic rings. The number of aromatic nitrogens is 1. The number of benzene rings is 2. The van der Waals surface area contributed by atoms with Gasteiger partial charge in [0.2, 0.25) is 0 Å². The summed E-state index contributed by atoms with van der Waals surface area (Å²) in [5.41, 5.74) is 11.0. The zero-order valence-electron chi connectivity index (χ0n) is 10.9. The monoisotopic (exact) mass is 252 g/mol. The quantitative estimate of drug-likeness (QED) is 0.778. The van der Waals surface area contributed by atoms with E-state index < -0.39 is 0 Å². The molecule has 3 aromatic rings. The SMILES string of the molecule is Cc1ccc2oc(Cc3ccccc3CN)nc2c1. The van der Waals surface area contributed by atoms with Crippen LogP contribution in [0.2, 0.25) is 0 Å². The third-order valence-corrected chi connectivity index (χ3v) is 3.27. The normalized spacial score (nSPS) is 11.1. The molecule has 2 N–H and O–H groups in total. The minimum Gasteiger partial charge on any atom is -0.440 e. The van der Waals surface area contributed by atoms with Crippen LogP contribution in [0.5, 0.6) is 0 Å². The van der Waals surface area contributed by atoms with Crippen molar-refractivity contribution < 1.29 is 4.42 Å². The van der Waals surface area contributed by atoms with Gasteiger partial charge in [-0.2, -0.15) is 0 Å². The lowest BCUT2D eigenvalue weighted by atomic mass is 10.0. The van der Waals surface area contributed by atoms with Gasteiger partial charge < -0.3 is 10.2 Å². The highest BCUT2D eigenvalue weighted by Crippen LogP contribution is 2.20. The van der Waals surface area contributed by atoms with Gasteiger partial charge in [-0.15, -0.1) is 0 Å². The fourth-order valence-corrected chi connectivity index (χ4v) is 2.25. The van der Waals surface area contributed by atoms with Gasteiger partial charge in [-0.25, -0.2) is 4.98 Å². The molecule has 0 unspecified atom stereocenters. The molecule has 2 aromatic carbocycles. The van der Waals surface area contributed by atoms with E-state index >= 15 is 0 Å². The molecule has 0 bridgehead atoms. The van der Waals surface area contributed by atoms with Gasteiger partial charge in [-0.3, -0.25) is 0 Å². The summed E-state index contributed by atoms with van der Waals surface area (Å²) in [4.78, 5) is 4.54. The van der Waals surface area contributed by atoms with E-state index in [1.807, 2.05) is 36.4 Å². The van der Waals surface area contributed by atoms with Crippen molar-refractivity contribution in [2.24, 2.45) is 5.73 Å². The van der Waals surface area contributed by atoms with Gasteiger partial charge in [-0.05, 0) is 35.7 Å². The number of rotatable bonds is 3. The molecule has 1 heterocycles. The number of aryl methyl sites for hydroxylation is 1. The van der Waals surface area contributed by atoms with E-state index in [9.17, 15) is 0 Å². The molecule has 3 heteroatoms. The van der Waals surface area contributed by atoms with Crippen molar-refractivity contribution >= 4 is 11.1 Å². The number of nitrogens with zero attached hydrogens (tertiary/aromatic N) is 1. The van der Waals surface area contributed by atoms with Crippen LogP contribution >= 0.6 is 0 Å². The third kappa shape index (κ3) is 2.37. The van der Waals surface area contributed by atoms with Crippen LogP contribution in [0.25, 0.3) is 11.1 Å². The second-order valence-electron chi connectivity index (χ2n) is 4.73. The molecule has 19 heavy (non-hydrogen) atoms. The molecule has 3 nitrogen and oxygen atoms in total. The van der Waals surface area contributed by atoms with Gasteiger partial charge in [0.05, 0.1) is 0 Å². The predicted molar refractivity (Wildman–Crippen MR) is 75.9 cm³/mol. The molecule has 0 saturated carbocycles. The van der Waals surface area contributed by atoms with Crippen molar-refractivity contribution in [3.8, 4) is 0 Å².